The Morgan fingerprint density at radius 3 is 2.55 bits per heavy atom. The molecule has 5 rings (SSSR count). The Kier molecular flexibility index (Phi) is 7.13. The molecule has 2 aromatic carbocycles. The van der Waals surface area contributed by atoms with Crippen LogP contribution in [0.25, 0.3) is 0 Å². The van der Waals surface area contributed by atoms with Crippen molar-refractivity contribution in [2.75, 3.05) is 26.3 Å². The molecule has 2 amide bonds. The van der Waals surface area contributed by atoms with Gasteiger partial charge < -0.3 is 24.8 Å². The predicted octanol–water partition coefficient (Wildman–Crippen LogP) is 3.71. The quantitative estimate of drug-likeness (QED) is 0.559. The second-order valence-corrected chi connectivity index (χ2v) is 10.4. The number of halogens is 1. The van der Waals surface area contributed by atoms with Crippen LogP contribution in [-0.2, 0) is 19.7 Å². The Hall–Kier alpha value is -3.46. The highest BCUT2D eigenvalue weighted by molar-refractivity contribution is 5.98. The van der Waals surface area contributed by atoms with Gasteiger partial charge in [0.2, 0.25) is 5.91 Å². The molecular formula is C29H33FN2O6. The van der Waals surface area contributed by atoms with Crippen molar-refractivity contribution in [3.8, 4) is 5.75 Å². The summed E-state index contributed by atoms with van der Waals surface area (Å²) in [6.45, 7) is 2.86. The Balaban J connectivity index is 1.34. The van der Waals surface area contributed by atoms with Gasteiger partial charge in [-0.05, 0) is 62.4 Å². The number of ether oxygens (including phenoxy) is 2. The normalized spacial score (nSPS) is 24.1. The van der Waals surface area contributed by atoms with Crippen LogP contribution in [0.4, 0.5) is 4.39 Å². The largest absolute Gasteiger partial charge is 0.508 e. The first-order chi connectivity index (χ1) is 18.3. The van der Waals surface area contributed by atoms with Gasteiger partial charge >= 0.3 is 5.97 Å². The third kappa shape index (κ3) is 4.75. The van der Waals surface area contributed by atoms with Gasteiger partial charge in [0.1, 0.15) is 17.2 Å². The molecular weight excluding hydrogens is 491 g/mol. The average Bonchev–Trinajstić information content (AvgIpc) is 3.72. The highest BCUT2D eigenvalue weighted by Gasteiger charge is 2.55. The maximum absolute atomic E-state index is 15.1. The van der Waals surface area contributed by atoms with Gasteiger partial charge in [-0.25, -0.2) is 9.18 Å². The molecule has 38 heavy (non-hydrogen) atoms. The zero-order valence-corrected chi connectivity index (χ0v) is 21.5. The van der Waals surface area contributed by atoms with Crippen molar-refractivity contribution in [1.29, 1.82) is 0 Å². The fourth-order valence-corrected chi connectivity index (χ4v) is 5.90. The Morgan fingerprint density at radius 2 is 1.84 bits per heavy atom. The third-order valence-electron chi connectivity index (χ3n) is 8.10. The lowest BCUT2D eigenvalue weighted by molar-refractivity contribution is -0.164. The SMILES string of the molecule is CCOC(=O)c1cccc(C(=O)N[C@H]2CCCC[C@@]23CN(C(=O)C2(c4ccc(O)cc4)CC2)CCO3)c1F. The number of carbonyl (C=O) groups excluding carboxylic acids is 3. The summed E-state index contributed by atoms with van der Waals surface area (Å²) in [6, 6.07) is 10.5. The standard InChI is InChI=1S/C29H33FN2O6/c1-2-37-26(35)22-7-5-6-21(24(22)30)25(34)31-23-8-3-4-13-29(23)18-32(16-17-38-29)27(36)28(14-15-28)19-9-11-20(33)12-10-19/h5-7,9-12,23,33H,2-4,8,13-18H2,1H3,(H,31,34)/t23-,29+/m0/s1. The lowest BCUT2D eigenvalue weighted by Crippen LogP contribution is -2.65. The zero-order chi connectivity index (χ0) is 26.9. The molecule has 2 N–H and O–H groups in total. The summed E-state index contributed by atoms with van der Waals surface area (Å²) in [5, 5.41) is 12.6. The number of carbonyl (C=O) groups is 3. The van der Waals surface area contributed by atoms with Gasteiger partial charge in [0.05, 0.1) is 42.3 Å². The molecule has 3 aliphatic rings. The number of phenolic OH excluding ortho intramolecular Hbond substituents is 1. The highest BCUT2D eigenvalue weighted by Crippen LogP contribution is 2.50. The molecule has 1 saturated heterocycles. The van der Waals surface area contributed by atoms with Crippen molar-refractivity contribution < 1.29 is 33.4 Å². The molecule has 2 aromatic rings. The van der Waals surface area contributed by atoms with Gasteiger partial charge in [0.25, 0.3) is 5.91 Å². The van der Waals surface area contributed by atoms with Crippen molar-refractivity contribution in [2.24, 2.45) is 0 Å². The van der Waals surface area contributed by atoms with Crippen molar-refractivity contribution in [2.45, 2.75) is 62.5 Å². The molecule has 9 heteroatoms. The second kappa shape index (κ2) is 10.4. The number of aromatic hydroxyl groups is 1. The van der Waals surface area contributed by atoms with Gasteiger partial charge in [-0.3, -0.25) is 9.59 Å². The molecule has 1 spiro atoms. The molecule has 1 aliphatic heterocycles. The summed E-state index contributed by atoms with van der Waals surface area (Å²) in [6.07, 6.45) is 4.56. The van der Waals surface area contributed by atoms with Gasteiger partial charge in [0, 0.05) is 6.54 Å². The molecule has 0 aromatic heterocycles. The van der Waals surface area contributed by atoms with E-state index >= 15 is 4.39 Å². The van der Waals surface area contributed by atoms with Crippen LogP contribution >= 0.6 is 0 Å². The van der Waals surface area contributed by atoms with Crippen molar-refractivity contribution in [3.63, 3.8) is 0 Å². The Bertz CT molecular complexity index is 1220. The van der Waals surface area contributed by atoms with E-state index in [1.54, 1.807) is 31.2 Å². The number of benzene rings is 2. The van der Waals surface area contributed by atoms with Crippen LogP contribution < -0.4 is 5.32 Å². The molecule has 8 nitrogen and oxygen atoms in total. The second-order valence-electron chi connectivity index (χ2n) is 10.4. The van der Waals surface area contributed by atoms with Gasteiger partial charge in [-0.15, -0.1) is 0 Å². The number of hydrogen-bond donors (Lipinski definition) is 2. The number of amides is 2. The fraction of sp³-hybridized carbons (Fsp3) is 0.483. The van der Waals surface area contributed by atoms with Crippen LogP contribution in [0.1, 0.15) is 71.7 Å². The first kappa shape index (κ1) is 26.2. The van der Waals surface area contributed by atoms with Crippen LogP contribution in [0.2, 0.25) is 0 Å². The summed E-state index contributed by atoms with van der Waals surface area (Å²) in [5.41, 5.74) is -0.985. The number of nitrogens with one attached hydrogen (secondary N) is 1. The lowest BCUT2D eigenvalue weighted by atomic mass is 9.78. The van der Waals surface area contributed by atoms with E-state index in [1.807, 2.05) is 4.90 Å². The summed E-state index contributed by atoms with van der Waals surface area (Å²) >= 11 is 0. The van der Waals surface area contributed by atoms with Gasteiger partial charge in [-0.1, -0.05) is 31.0 Å². The van der Waals surface area contributed by atoms with E-state index in [4.69, 9.17) is 9.47 Å². The van der Waals surface area contributed by atoms with Gasteiger partial charge in [-0.2, -0.15) is 0 Å². The topological polar surface area (TPSA) is 105 Å². The average molecular weight is 525 g/mol. The van der Waals surface area contributed by atoms with E-state index in [2.05, 4.69) is 5.32 Å². The van der Waals surface area contributed by atoms with Crippen LogP contribution in [-0.4, -0.2) is 65.7 Å². The van der Waals surface area contributed by atoms with Gasteiger partial charge in [0.15, 0.2) is 0 Å². The summed E-state index contributed by atoms with van der Waals surface area (Å²) in [7, 11) is 0. The maximum atomic E-state index is 15.1. The smallest absolute Gasteiger partial charge is 0.341 e. The lowest BCUT2D eigenvalue weighted by Gasteiger charge is -2.50. The number of rotatable bonds is 6. The summed E-state index contributed by atoms with van der Waals surface area (Å²) in [4.78, 5) is 41.0. The minimum Gasteiger partial charge on any atom is -0.508 e. The molecule has 2 saturated carbocycles. The Labute approximate surface area is 221 Å². The van der Waals surface area contributed by atoms with Crippen LogP contribution in [0.3, 0.4) is 0 Å². The molecule has 202 valence electrons. The van der Waals surface area contributed by atoms with Crippen molar-refractivity contribution >= 4 is 17.8 Å². The molecule has 2 aliphatic carbocycles. The number of phenols is 1. The third-order valence-corrected chi connectivity index (χ3v) is 8.10. The molecule has 1 heterocycles. The number of hydrogen-bond acceptors (Lipinski definition) is 6. The number of morpholine rings is 1. The Morgan fingerprint density at radius 1 is 1.11 bits per heavy atom. The molecule has 0 radical (unpaired) electrons. The molecule has 2 atom stereocenters. The van der Waals surface area contributed by atoms with E-state index in [1.165, 1.54) is 18.2 Å². The van der Waals surface area contributed by atoms with E-state index in [9.17, 15) is 19.5 Å². The molecule has 3 fully saturated rings. The van der Waals surface area contributed by atoms with Crippen molar-refractivity contribution in [1.82, 2.24) is 10.2 Å². The zero-order valence-electron chi connectivity index (χ0n) is 21.5. The highest BCUT2D eigenvalue weighted by atomic mass is 19.1. The monoisotopic (exact) mass is 524 g/mol. The number of esters is 1. The minimum atomic E-state index is -0.917. The first-order valence-corrected chi connectivity index (χ1v) is 13.3. The van der Waals surface area contributed by atoms with Crippen molar-refractivity contribution in [3.05, 3.63) is 65.0 Å². The van der Waals surface area contributed by atoms with E-state index in [0.29, 0.717) is 32.5 Å². The van der Waals surface area contributed by atoms with E-state index in [0.717, 1.165) is 31.2 Å². The summed E-state index contributed by atoms with van der Waals surface area (Å²) in [5.74, 6) is -2.17. The molecule has 0 unspecified atom stereocenters. The molecule has 0 bridgehead atoms. The summed E-state index contributed by atoms with van der Waals surface area (Å²) < 4.78 is 26.3. The minimum absolute atomic E-state index is 0.0368. The van der Waals surface area contributed by atoms with Crippen LogP contribution in [0.5, 0.6) is 5.75 Å². The number of nitrogens with zero attached hydrogens (tertiary/aromatic N) is 1. The maximum Gasteiger partial charge on any atom is 0.341 e. The van der Waals surface area contributed by atoms with E-state index in [-0.39, 0.29) is 29.4 Å². The fourth-order valence-electron chi connectivity index (χ4n) is 5.90. The predicted molar refractivity (Wildman–Crippen MR) is 136 cm³/mol. The van der Waals surface area contributed by atoms with Crippen LogP contribution in [0.15, 0.2) is 42.5 Å². The first-order valence-electron chi connectivity index (χ1n) is 13.3. The van der Waals surface area contributed by atoms with E-state index < -0.39 is 34.8 Å². The van der Waals surface area contributed by atoms with Crippen LogP contribution in [0, 0.1) is 5.82 Å².